The summed E-state index contributed by atoms with van der Waals surface area (Å²) in [7, 11) is 0. The van der Waals surface area contributed by atoms with E-state index in [0.29, 0.717) is 0 Å². The Morgan fingerprint density at radius 1 is 1.50 bits per heavy atom. The summed E-state index contributed by atoms with van der Waals surface area (Å²) >= 11 is 5.09. The second kappa shape index (κ2) is 3.03. The van der Waals surface area contributed by atoms with Crippen LogP contribution in [0.25, 0.3) is 0 Å². The van der Waals surface area contributed by atoms with Gasteiger partial charge in [0.2, 0.25) is 0 Å². The minimum absolute atomic E-state index is 0.153. The summed E-state index contributed by atoms with van der Waals surface area (Å²) in [6.45, 7) is 4.19. The minimum atomic E-state index is 0.153. The van der Waals surface area contributed by atoms with E-state index < -0.39 is 0 Å². The maximum absolute atomic E-state index is 8.90. The predicted octanol–water partition coefficient (Wildman–Crippen LogP) is 2.62. The van der Waals surface area contributed by atoms with Crippen molar-refractivity contribution in [2.45, 2.75) is 20.5 Å². The summed E-state index contributed by atoms with van der Waals surface area (Å²) in [5.41, 5.74) is 2.24. The zero-order valence-corrected chi connectivity index (χ0v) is 8.34. The Bertz CT molecular complexity index is 242. The molecule has 1 rings (SSSR count). The standard InChI is InChI=1S/C7H9BrOS/c1-4-6(3-9)5(2)10-7(4)8/h9H,3H2,1-2H3. The molecule has 1 aromatic heterocycles. The second-order valence-electron chi connectivity index (χ2n) is 2.19. The third-order valence-electron chi connectivity index (χ3n) is 1.57. The lowest BCUT2D eigenvalue weighted by Crippen LogP contribution is -1.84. The van der Waals surface area contributed by atoms with Gasteiger partial charge in [0.05, 0.1) is 10.4 Å². The lowest BCUT2D eigenvalue weighted by molar-refractivity contribution is 0.281. The van der Waals surface area contributed by atoms with Gasteiger partial charge in [-0.2, -0.15) is 0 Å². The third kappa shape index (κ3) is 1.26. The average molecular weight is 221 g/mol. The van der Waals surface area contributed by atoms with Gasteiger partial charge in [0.15, 0.2) is 0 Å². The Labute approximate surface area is 72.8 Å². The zero-order valence-electron chi connectivity index (χ0n) is 5.94. The Kier molecular flexibility index (Phi) is 2.50. The molecule has 0 spiro atoms. The molecule has 1 aromatic rings. The molecule has 1 nitrogen and oxygen atoms in total. The monoisotopic (exact) mass is 220 g/mol. The van der Waals surface area contributed by atoms with Crippen LogP contribution in [0.1, 0.15) is 16.0 Å². The highest BCUT2D eigenvalue weighted by Crippen LogP contribution is 2.31. The van der Waals surface area contributed by atoms with Gasteiger partial charge < -0.3 is 5.11 Å². The number of rotatable bonds is 1. The largest absolute Gasteiger partial charge is 0.392 e. The van der Waals surface area contributed by atoms with E-state index in [1.54, 1.807) is 11.3 Å². The SMILES string of the molecule is Cc1sc(Br)c(C)c1CO. The predicted molar refractivity (Wildman–Crippen MR) is 47.4 cm³/mol. The molecule has 0 aliphatic rings. The first kappa shape index (κ1) is 8.24. The zero-order chi connectivity index (χ0) is 7.72. The van der Waals surface area contributed by atoms with Crippen LogP contribution < -0.4 is 0 Å². The van der Waals surface area contributed by atoms with Gasteiger partial charge in [-0.1, -0.05) is 0 Å². The van der Waals surface area contributed by atoms with E-state index in [9.17, 15) is 0 Å². The fourth-order valence-electron chi connectivity index (χ4n) is 0.885. The molecule has 0 saturated carbocycles. The highest BCUT2D eigenvalue weighted by atomic mass is 79.9. The summed E-state index contributed by atoms with van der Waals surface area (Å²) in [5, 5.41) is 8.90. The van der Waals surface area contributed by atoms with Crippen molar-refractivity contribution in [2.24, 2.45) is 0 Å². The average Bonchev–Trinajstić information content (AvgIpc) is 2.09. The lowest BCUT2D eigenvalue weighted by Gasteiger charge is -1.93. The Balaban J connectivity index is 3.20. The smallest absolute Gasteiger partial charge is 0.0734 e. The van der Waals surface area contributed by atoms with Crippen LogP contribution >= 0.6 is 27.3 Å². The van der Waals surface area contributed by atoms with Crippen LogP contribution in [0.5, 0.6) is 0 Å². The van der Waals surface area contributed by atoms with Gasteiger partial charge in [0.25, 0.3) is 0 Å². The Hall–Kier alpha value is 0.140. The molecule has 0 atom stereocenters. The highest BCUT2D eigenvalue weighted by molar-refractivity contribution is 9.11. The van der Waals surface area contributed by atoms with E-state index in [1.165, 1.54) is 10.4 Å². The molecule has 0 unspecified atom stereocenters. The maximum Gasteiger partial charge on any atom is 0.0734 e. The fourth-order valence-corrected chi connectivity index (χ4v) is 2.74. The van der Waals surface area contributed by atoms with Crippen LogP contribution in [0.2, 0.25) is 0 Å². The van der Waals surface area contributed by atoms with Gasteiger partial charge in [-0.25, -0.2) is 0 Å². The summed E-state index contributed by atoms with van der Waals surface area (Å²) < 4.78 is 1.13. The van der Waals surface area contributed by atoms with Gasteiger partial charge in [0.1, 0.15) is 0 Å². The molecule has 0 aliphatic heterocycles. The van der Waals surface area contributed by atoms with Crippen molar-refractivity contribution in [1.82, 2.24) is 0 Å². The molecule has 0 bridgehead atoms. The molecule has 1 N–H and O–H groups in total. The molecule has 0 amide bonds. The van der Waals surface area contributed by atoms with E-state index in [2.05, 4.69) is 15.9 Å². The molecule has 0 aromatic carbocycles. The van der Waals surface area contributed by atoms with Crippen LogP contribution in [-0.2, 0) is 6.61 Å². The molecule has 1 heterocycles. The summed E-state index contributed by atoms with van der Waals surface area (Å²) in [4.78, 5) is 1.20. The van der Waals surface area contributed by atoms with Crippen LogP contribution in [0.3, 0.4) is 0 Å². The molecular weight excluding hydrogens is 212 g/mol. The number of thiophene rings is 1. The van der Waals surface area contributed by atoms with Crippen molar-refractivity contribution in [3.63, 3.8) is 0 Å². The molecule has 0 radical (unpaired) electrons. The van der Waals surface area contributed by atoms with E-state index in [-0.39, 0.29) is 6.61 Å². The van der Waals surface area contributed by atoms with Crippen molar-refractivity contribution in [3.8, 4) is 0 Å². The first-order valence-corrected chi connectivity index (χ1v) is 4.63. The number of halogens is 1. The normalized spacial score (nSPS) is 10.4. The molecule has 3 heteroatoms. The number of aliphatic hydroxyl groups is 1. The second-order valence-corrected chi connectivity index (χ2v) is 4.74. The number of aryl methyl sites for hydroxylation is 1. The van der Waals surface area contributed by atoms with E-state index in [4.69, 9.17) is 5.11 Å². The summed E-state index contributed by atoms with van der Waals surface area (Å²) in [5.74, 6) is 0. The maximum atomic E-state index is 8.90. The molecule has 0 saturated heterocycles. The van der Waals surface area contributed by atoms with Gasteiger partial charge >= 0.3 is 0 Å². The van der Waals surface area contributed by atoms with Crippen molar-refractivity contribution >= 4 is 27.3 Å². The number of aliphatic hydroxyl groups excluding tert-OH is 1. The fraction of sp³-hybridized carbons (Fsp3) is 0.429. The van der Waals surface area contributed by atoms with E-state index >= 15 is 0 Å². The molecule has 0 fully saturated rings. The Morgan fingerprint density at radius 3 is 2.30 bits per heavy atom. The molecule has 56 valence electrons. The topological polar surface area (TPSA) is 20.2 Å². The van der Waals surface area contributed by atoms with E-state index in [1.807, 2.05) is 13.8 Å². The van der Waals surface area contributed by atoms with Crippen molar-refractivity contribution < 1.29 is 5.11 Å². The van der Waals surface area contributed by atoms with Crippen LogP contribution in [0.15, 0.2) is 3.79 Å². The van der Waals surface area contributed by atoms with Crippen molar-refractivity contribution in [3.05, 3.63) is 19.8 Å². The van der Waals surface area contributed by atoms with E-state index in [0.717, 1.165) is 9.35 Å². The number of hydrogen-bond donors (Lipinski definition) is 1. The molecular formula is C7H9BrOS. The van der Waals surface area contributed by atoms with Gasteiger partial charge in [-0.3, -0.25) is 0 Å². The molecule has 0 aliphatic carbocycles. The minimum Gasteiger partial charge on any atom is -0.392 e. The van der Waals surface area contributed by atoms with Crippen LogP contribution in [0, 0.1) is 13.8 Å². The van der Waals surface area contributed by atoms with Crippen LogP contribution in [-0.4, -0.2) is 5.11 Å². The van der Waals surface area contributed by atoms with Crippen molar-refractivity contribution in [1.29, 1.82) is 0 Å². The number of hydrogen-bond acceptors (Lipinski definition) is 2. The van der Waals surface area contributed by atoms with Gasteiger partial charge in [-0.15, -0.1) is 11.3 Å². The third-order valence-corrected chi connectivity index (χ3v) is 3.69. The quantitative estimate of drug-likeness (QED) is 0.772. The Morgan fingerprint density at radius 2 is 2.10 bits per heavy atom. The first-order valence-electron chi connectivity index (χ1n) is 3.02. The summed E-state index contributed by atoms with van der Waals surface area (Å²) in [6, 6.07) is 0. The van der Waals surface area contributed by atoms with Crippen molar-refractivity contribution in [2.75, 3.05) is 0 Å². The summed E-state index contributed by atoms with van der Waals surface area (Å²) in [6.07, 6.45) is 0. The van der Waals surface area contributed by atoms with Gasteiger partial charge in [-0.05, 0) is 40.9 Å². The molecule has 10 heavy (non-hydrogen) atoms. The lowest BCUT2D eigenvalue weighted by atomic mass is 10.2. The highest BCUT2D eigenvalue weighted by Gasteiger charge is 2.07. The van der Waals surface area contributed by atoms with Crippen LogP contribution in [0.4, 0.5) is 0 Å². The van der Waals surface area contributed by atoms with Gasteiger partial charge in [0, 0.05) is 4.88 Å². The first-order chi connectivity index (χ1) is 4.66.